The van der Waals surface area contributed by atoms with Gasteiger partial charge >= 0.3 is 0 Å². The summed E-state index contributed by atoms with van der Waals surface area (Å²) in [7, 11) is 0. The number of carbonyl (C=O) groups excluding carboxylic acids is 1. The third-order valence-corrected chi connectivity index (χ3v) is 12.9. The van der Waals surface area contributed by atoms with Gasteiger partial charge in [0.2, 0.25) is 0 Å². The second-order valence-electron chi connectivity index (χ2n) is 17.1. The number of aromatic nitrogens is 1. The zero-order valence-electron chi connectivity index (χ0n) is 33.6. The summed E-state index contributed by atoms with van der Waals surface area (Å²) in [6, 6.07) is 19.5. The van der Waals surface area contributed by atoms with Crippen LogP contribution < -0.4 is 0 Å². The van der Waals surface area contributed by atoms with E-state index in [1.165, 1.54) is 61.2 Å². The second kappa shape index (κ2) is 16.3. The van der Waals surface area contributed by atoms with Gasteiger partial charge in [-0.25, -0.2) is 0 Å². The molecule has 1 aliphatic rings. The fraction of sp³-hybridized carbons (Fsp3) is 0.489. The zero-order chi connectivity index (χ0) is 37.5. The number of fused-ring (bicyclic) bond motifs is 6. The van der Waals surface area contributed by atoms with Gasteiger partial charge in [0.05, 0.1) is 5.76 Å². The van der Waals surface area contributed by atoms with E-state index < -0.39 is 0 Å². The van der Waals surface area contributed by atoms with Gasteiger partial charge in [-0.05, 0) is 89.8 Å². The molecule has 5 heteroatoms. The van der Waals surface area contributed by atoms with E-state index in [1.54, 1.807) is 5.56 Å². The maximum atomic E-state index is 11.7. The first-order valence-electron chi connectivity index (χ1n) is 19.2. The number of benzene rings is 3. The van der Waals surface area contributed by atoms with Crippen molar-refractivity contribution in [1.29, 1.82) is 0 Å². The molecule has 281 valence electrons. The molecule has 0 fully saturated rings. The number of aliphatic hydroxyl groups excluding tert-OH is 1. The van der Waals surface area contributed by atoms with Crippen LogP contribution in [0.5, 0.6) is 0 Å². The molecule has 1 radical (unpaired) electrons. The molecule has 0 saturated carbocycles. The fourth-order valence-electron chi connectivity index (χ4n) is 8.11. The Balaban J connectivity index is 0.000000323. The quantitative estimate of drug-likeness (QED) is 0.0959. The van der Waals surface area contributed by atoms with Crippen LogP contribution in [-0.2, 0) is 41.1 Å². The monoisotopic (exact) mass is 895 g/mol. The van der Waals surface area contributed by atoms with E-state index in [0.29, 0.717) is 0 Å². The van der Waals surface area contributed by atoms with Crippen LogP contribution >= 0.6 is 11.3 Å². The van der Waals surface area contributed by atoms with Crippen LogP contribution in [0.25, 0.3) is 42.2 Å². The van der Waals surface area contributed by atoms with Gasteiger partial charge in [-0.1, -0.05) is 111 Å². The van der Waals surface area contributed by atoms with E-state index >= 15 is 0 Å². The van der Waals surface area contributed by atoms with Gasteiger partial charge in [0, 0.05) is 64.7 Å². The van der Waals surface area contributed by atoms with E-state index in [9.17, 15) is 9.90 Å². The normalized spacial score (nSPS) is 15.5. The van der Waals surface area contributed by atoms with Crippen LogP contribution in [-0.4, -0.2) is 15.9 Å². The van der Waals surface area contributed by atoms with Crippen molar-refractivity contribution in [2.24, 2.45) is 11.8 Å². The molecule has 0 atom stereocenters. The molecule has 2 aromatic heterocycles. The first-order chi connectivity index (χ1) is 24.0. The summed E-state index contributed by atoms with van der Waals surface area (Å²) in [6.07, 6.45) is 9.37. The molecule has 52 heavy (non-hydrogen) atoms. The van der Waals surface area contributed by atoms with E-state index in [1.807, 2.05) is 45.2 Å². The summed E-state index contributed by atoms with van der Waals surface area (Å²) in [6.45, 7) is 27.0. The molecule has 0 aliphatic heterocycles. The van der Waals surface area contributed by atoms with Crippen molar-refractivity contribution in [1.82, 2.24) is 4.98 Å². The number of hydrogen-bond acceptors (Lipinski definition) is 4. The van der Waals surface area contributed by atoms with Crippen molar-refractivity contribution >= 4 is 48.1 Å². The van der Waals surface area contributed by atoms with Crippen molar-refractivity contribution in [3.05, 3.63) is 88.8 Å². The average Bonchev–Trinajstić information content (AvgIpc) is 3.48. The summed E-state index contributed by atoms with van der Waals surface area (Å²) in [5, 5.41) is 15.0. The van der Waals surface area contributed by atoms with Gasteiger partial charge in [-0.3, -0.25) is 9.78 Å². The number of ketones is 1. The van der Waals surface area contributed by atoms with E-state index in [0.717, 1.165) is 42.3 Å². The molecule has 0 amide bonds. The van der Waals surface area contributed by atoms with Gasteiger partial charge in [-0.2, -0.15) is 0 Å². The molecule has 0 unspecified atom stereocenters. The Morgan fingerprint density at radius 3 is 2.13 bits per heavy atom. The molecule has 6 rings (SSSR count). The molecular formula is C47H60IrNO2S-. The third kappa shape index (κ3) is 8.13. The number of rotatable bonds is 8. The minimum Gasteiger partial charge on any atom is -0.512 e. The third-order valence-electron chi connectivity index (χ3n) is 11.5. The summed E-state index contributed by atoms with van der Waals surface area (Å²) in [4.78, 5) is 16.7. The predicted octanol–water partition coefficient (Wildman–Crippen LogP) is 13.9. The summed E-state index contributed by atoms with van der Waals surface area (Å²) >= 11 is 1.92. The molecular weight excluding hydrogens is 835 g/mol. The zero-order valence-corrected chi connectivity index (χ0v) is 36.8. The smallest absolute Gasteiger partial charge is 0.162 e. The summed E-state index contributed by atoms with van der Waals surface area (Å²) < 4.78 is 2.70. The minimum atomic E-state index is 0. The Kier molecular flexibility index (Phi) is 13.1. The number of carbonyl (C=O) groups is 1. The SMILES string of the molecule is CCC(CC)C(=O)/C=C(\O)C(CC)CC.Cc1cc2c(c3c1sc1c(-c4[c-]c5ccccc5c(C(C)(C)C)c4)nccc13)C(C)(C)CCC2(C)C.[Ir]. The van der Waals surface area contributed by atoms with E-state index in [4.69, 9.17) is 4.98 Å². The van der Waals surface area contributed by atoms with Gasteiger partial charge in [-0.15, -0.1) is 40.5 Å². The van der Waals surface area contributed by atoms with E-state index in [-0.39, 0.29) is 59.7 Å². The molecule has 1 aliphatic carbocycles. The van der Waals surface area contributed by atoms with Crippen LogP contribution in [0, 0.1) is 24.8 Å². The Bertz CT molecular complexity index is 2090. The molecule has 3 nitrogen and oxygen atoms in total. The Morgan fingerprint density at radius 2 is 1.52 bits per heavy atom. The number of allylic oxidation sites excluding steroid dienone is 2. The second-order valence-corrected chi connectivity index (χ2v) is 18.1. The van der Waals surface area contributed by atoms with Gasteiger partial charge in [0.15, 0.2) is 5.78 Å². The molecule has 2 heterocycles. The molecule has 1 N–H and O–H groups in total. The molecule has 0 bridgehead atoms. The van der Waals surface area contributed by atoms with Crippen LogP contribution in [0.3, 0.4) is 0 Å². The number of hydrogen-bond donors (Lipinski definition) is 1. The van der Waals surface area contributed by atoms with Crippen molar-refractivity contribution in [3.63, 3.8) is 0 Å². The van der Waals surface area contributed by atoms with Crippen molar-refractivity contribution < 1.29 is 30.0 Å². The van der Waals surface area contributed by atoms with Crippen molar-refractivity contribution in [2.75, 3.05) is 0 Å². The summed E-state index contributed by atoms with van der Waals surface area (Å²) in [5.74, 6) is 0.547. The Morgan fingerprint density at radius 1 is 0.904 bits per heavy atom. The maximum absolute atomic E-state index is 11.7. The molecule has 0 spiro atoms. The van der Waals surface area contributed by atoms with Crippen LogP contribution in [0.15, 0.2) is 60.5 Å². The van der Waals surface area contributed by atoms with Gasteiger partial charge in [0.25, 0.3) is 0 Å². The minimum absolute atomic E-state index is 0. The van der Waals surface area contributed by atoms with Crippen molar-refractivity contribution in [3.8, 4) is 11.3 Å². The summed E-state index contributed by atoms with van der Waals surface area (Å²) in [5.41, 5.74) is 8.37. The van der Waals surface area contributed by atoms with Crippen LogP contribution in [0.1, 0.15) is 137 Å². The first-order valence-corrected chi connectivity index (χ1v) is 20.1. The van der Waals surface area contributed by atoms with Crippen molar-refractivity contribution in [2.45, 2.75) is 138 Å². The number of aliphatic hydroxyl groups is 1. The molecule has 5 aromatic rings. The standard InChI is InChI=1S/C34H36NS.C13H24O2.Ir/c1-20-17-26-28(34(7,8)15-14-33(26,5)6)27-24-13-16-35-29(31(24)36-30(20)27)22-18-21-11-9-10-12-23(21)25(19-22)32(2,3)4;1-5-10(6-2)12(14)9-13(15)11(7-3)8-4;/h9-13,16-17,19H,14-15H2,1-8H3;9-11,14H,5-8H2,1-4H3;/q-1;;/b;12-9-;. The number of pyridine rings is 1. The molecule has 0 saturated heterocycles. The van der Waals surface area contributed by atoms with Crippen LogP contribution in [0.4, 0.5) is 0 Å². The average molecular weight is 895 g/mol. The fourth-order valence-corrected chi connectivity index (χ4v) is 9.39. The van der Waals surface area contributed by atoms with Gasteiger partial charge < -0.3 is 5.11 Å². The van der Waals surface area contributed by atoms with Crippen LogP contribution in [0.2, 0.25) is 0 Å². The Hall–Kier alpha value is -2.85. The number of nitrogens with zero attached hydrogens (tertiary/aromatic N) is 1. The molecule has 3 aromatic carbocycles. The number of thiophene rings is 1. The first kappa shape index (κ1) is 41.9. The number of aryl methyl sites for hydroxylation is 1. The van der Waals surface area contributed by atoms with E-state index in [2.05, 4.69) is 104 Å². The largest absolute Gasteiger partial charge is 0.512 e. The maximum Gasteiger partial charge on any atom is 0.162 e. The topological polar surface area (TPSA) is 50.2 Å². The predicted molar refractivity (Wildman–Crippen MR) is 221 cm³/mol. The Labute approximate surface area is 331 Å². The van der Waals surface area contributed by atoms with Gasteiger partial charge in [0.1, 0.15) is 0 Å².